The topological polar surface area (TPSA) is 79.0 Å². The minimum atomic E-state index is -0.681. The van der Waals surface area contributed by atoms with Crippen LogP contribution in [0.15, 0.2) is 23.8 Å². The van der Waals surface area contributed by atoms with Gasteiger partial charge in [-0.3, -0.25) is 14.4 Å². The lowest BCUT2D eigenvalue weighted by Gasteiger charge is -2.31. The number of nitrogens with zero attached hydrogens (tertiary/aromatic N) is 2. The Morgan fingerprint density at radius 1 is 1.42 bits per heavy atom. The second-order valence-corrected chi connectivity index (χ2v) is 7.73. The zero-order chi connectivity index (χ0) is 18.5. The normalized spacial score (nSPS) is 34.9. The molecule has 0 aromatic heterocycles. The van der Waals surface area contributed by atoms with E-state index in [1.165, 1.54) is 12.5 Å². The second-order valence-electron chi connectivity index (χ2n) is 7.73. The molecule has 1 N–H and O–H groups in total. The summed E-state index contributed by atoms with van der Waals surface area (Å²) in [5, 5.41) is 2.72. The van der Waals surface area contributed by atoms with Crippen molar-refractivity contribution in [3.8, 4) is 0 Å². The molecule has 2 fully saturated rings. The maximum atomic E-state index is 13.1. The minimum Gasteiger partial charge on any atom is -0.360 e. The lowest BCUT2D eigenvalue weighted by molar-refractivity contribution is -0.143. The van der Waals surface area contributed by atoms with Crippen LogP contribution < -0.4 is 5.32 Å². The van der Waals surface area contributed by atoms with E-state index in [1.54, 1.807) is 4.90 Å². The summed E-state index contributed by atoms with van der Waals surface area (Å²) in [6, 6.07) is 0. The molecule has 26 heavy (non-hydrogen) atoms. The first kappa shape index (κ1) is 17.3. The summed E-state index contributed by atoms with van der Waals surface area (Å²) in [6.45, 7) is 6.14. The van der Waals surface area contributed by atoms with Crippen molar-refractivity contribution < 1.29 is 19.1 Å². The van der Waals surface area contributed by atoms with Gasteiger partial charge in [-0.1, -0.05) is 23.8 Å². The average molecular weight is 359 g/mol. The maximum Gasteiger partial charge on any atom is 0.230 e. The number of hydrogen-bond donors (Lipinski definition) is 1. The van der Waals surface area contributed by atoms with Crippen molar-refractivity contribution in [2.75, 3.05) is 32.7 Å². The quantitative estimate of drug-likeness (QED) is 0.721. The van der Waals surface area contributed by atoms with Crippen LogP contribution in [0.4, 0.5) is 0 Å². The Labute approximate surface area is 153 Å². The van der Waals surface area contributed by atoms with Crippen LogP contribution in [0.1, 0.15) is 20.3 Å². The molecule has 0 aliphatic carbocycles. The first-order valence-corrected chi connectivity index (χ1v) is 9.26. The monoisotopic (exact) mass is 359 g/mol. The summed E-state index contributed by atoms with van der Waals surface area (Å²) >= 11 is 0. The smallest absolute Gasteiger partial charge is 0.230 e. The van der Waals surface area contributed by atoms with Gasteiger partial charge in [-0.2, -0.15) is 0 Å². The number of amides is 3. The van der Waals surface area contributed by atoms with Crippen LogP contribution in [0.5, 0.6) is 0 Å². The zero-order valence-corrected chi connectivity index (χ0v) is 15.2. The van der Waals surface area contributed by atoms with Gasteiger partial charge in [-0.15, -0.1) is 0 Å². The highest BCUT2D eigenvalue weighted by atomic mass is 16.5. The zero-order valence-electron chi connectivity index (χ0n) is 15.2. The number of carbonyl (C=O) groups is 3. The van der Waals surface area contributed by atoms with Crippen LogP contribution in [0.3, 0.4) is 0 Å². The van der Waals surface area contributed by atoms with Gasteiger partial charge in [-0.05, 0) is 13.3 Å². The lowest BCUT2D eigenvalue weighted by atomic mass is 9.76. The highest BCUT2D eigenvalue weighted by Crippen LogP contribution is 2.52. The Morgan fingerprint density at radius 3 is 2.92 bits per heavy atom. The van der Waals surface area contributed by atoms with E-state index in [-0.39, 0.29) is 23.8 Å². The molecule has 4 aliphatic rings. The van der Waals surface area contributed by atoms with Crippen LogP contribution in [-0.4, -0.2) is 72.0 Å². The van der Waals surface area contributed by atoms with Crippen molar-refractivity contribution in [1.82, 2.24) is 15.1 Å². The molecule has 4 aliphatic heterocycles. The molecule has 2 saturated heterocycles. The van der Waals surface area contributed by atoms with E-state index in [1.807, 2.05) is 17.1 Å². The Kier molecular flexibility index (Phi) is 4.14. The summed E-state index contributed by atoms with van der Waals surface area (Å²) in [6.07, 6.45) is 6.56. The highest BCUT2D eigenvalue weighted by molar-refractivity contribution is 5.93. The highest BCUT2D eigenvalue weighted by Gasteiger charge is 2.67. The molecule has 2 bridgehead atoms. The van der Waals surface area contributed by atoms with E-state index >= 15 is 0 Å². The summed E-state index contributed by atoms with van der Waals surface area (Å²) in [5.74, 6) is -1.02. The van der Waals surface area contributed by atoms with Crippen LogP contribution in [0.25, 0.3) is 0 Å². The Bertz CT molecular complexity index is 716. The van der Waals surface area contributed by atoms with Gasteiger partial charge >= 0.3 is 0 Å². The summed E-state index contributed by atoms with van der Waals surface area (Å²) in [7, 11) is 0. The fourth-order valence-electron chi connectivity index (χ4n) is 4.60. The standard InChI is InChI=1S/C19H25N3O4/c1-12-4-8-21(9-5-12)17(24)15-14-3-6-19(26-14)11-22(18(25)16(15)19)10-7-20-13(2)23/h3-4,6,14-16H,5,7-11H2,1-2H3,(H,20,23)/t14-,15?,16?,19-/m0/s1. The lowest BCUT2D eigenvalue weighted by Crippen LogP contribution is -2.47. The SMILES string of the molecule is CC(=O)NCCN1C[C@]23C=C[C@H](O2)C(C(=O)N2CC=C(C)CC2)C3C1=O. The Morgan fingerprint density at radius 2 is 2.23 bits per heavy atom. The van der Waals surface area contributed by atoms with Crippen molar-refractivity contribution >= 4 is 17.7 Å². The van der Waals surface area contributed by atoms with E-state index in [2.05, 4.69) is 18.3 Å². The van der Waals surface area contributed by atoms with E-state index < -0.39 is 17.4 Å². The number of nitrogens with one attached hydrogen (secondary N) is 1. The molecular weight excluding hydrogens is 334 g/mol. The third-order valence-corrected chi connectivity index (χ3v) is 5.97. The number of rotatable bonds is 4. The molecule has 2 unspecified atom stereocenters. The largest absolute Gasteiger partial charge is 0.360 e. The molecule has 0 aromatic rings. The third kappa shape index (κ3) is 2.65. The molecule has 3 amide bonds. The molecule has 0 saturated carbocycles. The fourth-order valence-corrected chi connectivity index (χ4v) is 4.60. The van der Waals surface area contributed by atoms with Crippen LogP contribution in [0.2, 0.25) is 0 Å². The number of hydrogen-bond acceptors (Lipinski definition) is 4. The first-order valence-electron chi connectivity index (χ1n) is 9.26. The van der Waals surface area contributed by atoms with Gasteiger partial charge in [0.15, 0.2) is 0 Å². The van der Waals surface area contributed by atoms with E-state index in [0.717, 1.165) is 6.42 Å². The summed E-state index contributed by atoms with van der Waals surface area (Å²) < 4.78 is 6.13. The fraction of sp³-hybridized carbons (Fsp3) is 0.632. The van der Waals surface area contributed by atoms with Crippen LogP contribution in [0, 0.1) is 11.8 Å². The summed E-state index contributed by atoms with van der Waals surface area (Å²) in [5.41, 5.74) is 0.621. The maximum absolute atomic E-state index is 13.1. The third-order valence-electron chi connectivity index (χ3n) is 5.97. The number of likely N-dealkylation sites (tertiary alicyclic amines) is 1. The molecule has 7 nitrogen and oxygen atoms in total. The van der Waals surface area contributed by atoms with Crippen molar-refractivity contribution in [2.24, 2.45) is 11.8 Å². The van der Waals surface area contributed by atoms with Gasteiger partial charge < -0.3 is 19.9 Å². The Balaban J connectivity index is 1.50. The number of carbonyl (C=O) groups excluding carboxylic acids is 3. The van der Waals surface area contributed by atoms with Crippen LogP contribution in [-0.2, 0) is 19.1 Å². The molecule has 4 heterocycles. The number of ether oxygens (including phenoxy) is 1. The molecule has 140 valence electrons. The Hall–Kier alpha value is -2.15. The van der Waals surface area contributed by atoms with Crippen LogP contribution >= 0.6 is 0 Å². The molecular formula is C19H25N3O4. The summed E-state index contributed by atoms with van der Waals surface area (Å²) in [4.78, 5) is 40.8. The number of fused-ring (bicyclic) bond motifs is 1. The van der Waals surface area contributed by atoms with Gasteiger partial charge in [0.05, 0.1) is 24.5 Å². The van der Waals surface area contributed by atoms with Gasteiger partial charge in [0, 0.05) is 33.1 Å². The second kappa shape index (κ2) is 6.23. The predicted molar refractivity (Wildman–Crippen MR) is 93.9 cm³/mol. The van der Waals surface area contributed by atoms with Gasteiger partial charge in [0.1, 0.15) is 5.60 Å². The van der Waals surface area contributed by atoms with Gasteiger partial charge in [-0.25, -0.2) is 0 Å². The van der Waals surface area contributed by atoms with Crippen molar-refractivity contribution in [1.29, 1.82) is 0 Å². The van der Waals surface area contributed by atoms with Crippen molar-refractivity contribution in [2.45, 2.75) is 32.0 Å². The van der Waals surface area contributed by atoms with Gasteiger partial charge in [0.25, 0.3) is 0 Å². The predicted octanol–water partition coefficient (Wildman–Crippen LogP) is 0.0831. The van der Waals surface area contributed by atoms with Crippen molar-refractivity contribution in [3.05, 3.63) is 23.8 Å². The van der Waals surface area contributed by atoms with Gasteiger partial charge in [0.2, 0.25) is 17.7 Å². The van der Waals surface area contributed by atoms with Crippen molar-refractivity contribution in [3.63, 3.8) is 0 Å². The first-order chi connectivity index (χ1) is 12.4. The van der Waals surface area contributed by atoms with E-state index in [0.29, 0.717) is 32.7 Å². The van der Waals surface area contributed by atoms with E-state index in [4.69, 9.17) is 4.74 Å². The molecule has 4 atom stereocenters. The minimum absolute atomic E-state index is 0.0204. The van der Waals surface area contributed by atoms with E-state index in [9.17, 15) is 14.4 Å². The molecule has 7 heteroatoms. The average Bonchev–Trinajstić information content (AvgIpc) is 3.23. The molecule has 0 radical (unpaired) electrons. The molecule has 4 rings (SSSR count). The molecule has 1 spiro atoms. The molecule has 0 aromatic carbocycles.